The predicted octanol–water partition coefficient (Wildman–Crippen LogP) is 4.99. The lowest BCUT2D eigenvalue weighted by Crippen LogP contribution is -2.14. The molecule has 0 atom stereocenters. The molecule has 0 fully saturated rings. The van der Waals surface area contributed by atoms with Gasteiger partial charge in [-0.25, -0.2) is 4.79 Å². The van der Waals surface area contributed by atoms with Gasteiger partial charge in [-0.3, -0.25) is 9.36 Å². The van der Waals surface area contributed by atoms with Gasteiger partial charge in [-0.1, -0.05) is 18.2 Å². The first-order chi connectivity index (χ1) is 16.4. The number of benzene rings is 1. The van der Waals surface area contributed by atoms with Crippen LogP contribution >= 0.6 is 0 Å². The van der Waals surface area contributed by atoms with Gasteiger partial charge >= 0.3 is 5.97 Å². The average Bonchev–Trinajstić information content (AvgIpc) is 3.21. The van der Waals surface area contributed by atoms with Gasteiger partial charge in [0.1, 0.15) is 0 Å². The van der Waals surface area contributed by atoms with Crippen LogP contribution in [0.2, 0.25) is 0 Å². The summed E-state index contributed by atoms with van der Waals surface area (Å²) in [5.41, 5.74) is 6.78. The lowest BCUT2D eigenvalue weighted by atomic mass is 9.92. The van der Waals surface area contributed by atoms with E-state index in [-0.39, 0.29) is 11.5 Å². The molecule has 1 N–H and O–H groups in total. The van der Waals surface area contributed by atoms with Gasteiger partial charge in [-0.05, 0) is 49.1 Å². The highest BCUT2D eigenvalue weighted by molar-refractivity contribution is 6.05. The zero-order valence-electron chi connectivity index (χ0n) is 19.6. The predicted molar refractivity (Wildman–Crippen MR) is 130 cm³/mol. The van der Waals surface area contributed by atoms with E-state index < -0.39 is 5.97 Å². The van der Waals surface area contributed by atoms with Gasteiger partial charge in [0.05, 0.1) is 31.2 Å². The molecule has 34 heavy (non-hydrogen) atoms. The minimum atomic E-state index is -1.00. The van der Waals surface area contributed by atoms with Crippen LogP contribution in [0.25, 0.3) is 28.5 Å². The summed E-state index contributed by atoms with van der Waals surface area (Å²) in [6, 6.07) is 3.79. The zero-order chi connectivity index (χ0) is 24.1. The largest absolute Gasteiger partial charge is 0.493 e. The van der Waals surface area contributed by atoms with Gasteiger partial charge in [0.15, 0.2) is 11.5 Å². The number of aryl methyl sites for hydroxylation is 1. The third-order valence-electron chi connectivity index (χ3n) is 6.79. The normalized spacial score (nSPS) is 13.6. The second-order valence-corrected chi connectivity index (χ2v) is 8.54. The van der Waals surface area contributed by atoms with E-state index in [0.29, 0.717) is 35.7 Å². The number of rotatable bonds is 4. The lowest BCUT2D eigenvalue weighted by Gasteiger charge is -2.23. The molecule has 1 aliphatic carbocycles. The third-order valence-corrected chi connectivity index (χ3v) is 6.79. The molecule has 1 aromatic carbocycles. The van der Waals surface area contributed by atoms with Crippen molar-refractivity contribution in [2.75, 3.05) is 14.2 Å². The highest BCUT2D eigenvalue weighted by Crippen LogP contribution is 2.46. The number of ether oxygens (including phenoxy) is 2. The Labute approximate surface area is 197 Å². The van der Waals surface area contributed by atoms with Crippen molar-refractivity contribution in [2.45, 2.75) is 33.2 Å². The van der Waals surface area contributed by atoms with Crippen molar-refractivity contribution in [1.82, 2.24) is 9.13 Å². The standard InChI is InChI=1S/C27H26N2O5/c1-15-24(20-14-29(16(2)30)21-9-7-5-6-8-18(20)21)25(27(31)32)26-19-13-23(34-4)22(33-3)12-17(19)10-11-28(15)26/h5-7,9,12-14H,8,10-11H2,1-4H3,(H,31,32). The number of hydrogen-bond acceptors (Lipinski definition) is 4. The Hall–Kier alpha value is -4.00. The summed E-state index contributed by atoms with van der Waals surface area (Å²) in [5, 5.41) is 10.5. The summed E-state index contributed by atoms with van der Waals surface area (Å²) in [4.78, 5) is 25.2. The maximum absolute atomic E-state index is 12.8. The summed E-state index contributed by atoms with van der Waals surface area (Å²) in [7, 11) is 3.16. The molecule has 3 aromatic rings. The molecule has 0 unspecified atom stereocenters. The molecule has 0 saturated heterocycles. The number of allylic oxidation sites excluding steroid dienone is 3. The van der Waals surface area contributed by atoms with E-state index in [0.717, 1.165) is 40.1 Å². The van der Waals surface area contributed by atoms with Crippen molar-refractivity contribution < 1.29 is 24.2 Å². The molecule has 2 aliphatic rings. The summed E-state index contributed by atoms with van der Waals surface area (Å²) in [6.07, 6.45) is 10.9. The molecule has 0 amide bonds. The Bertz CT molecular complexity index is 1420. The fourth-order valence-corrected chi connectivity index (χ4v) is 5.26. The van der Waals surface area contributed by atoms with Crippen LogP contribution in [0.3, 0.4) is 0 Å². The van der Waals surface area contributed by atoms with Crippen LogP contribution in [0.15, 0.2) is 36.6 Å². The molecule has 0 saturated carbocycles. The van der Waals surface area contributed by atoms with Gasteiger partial charge in [0.25, 0.3) is 0 Å². The van der Waals surface area contributed by atoms with Crippen LogP contribution in [0, 0.1) is 6.92 Å². The molecule has 0 bridgehead atoms. The van der Waals surface area contributed by atoms with Crippen LogP contribution in [-0.2, 0) is 19.4 Å². The van der Waals surface area contributed by atoms with Gasteiger partial charge in [0, 0.05) is 42.0 Å². The first-order valence-corrected chi connectivity index (χ1v) is 11.2. The van der Waals surface area contributed by atoms with Crippen LogP contribution in [-0.4, -0.2) is 40.3 Å². The van der Waals surface area contributed by atoms with Crippen molar-refractivity contribution in [3.63, 3.8) is 0 Å². The number of carboxylic acids is 1. The molecular formula is C27H26N2O5. The minimum absolute atomic E-state index is 0.116. The van der Waals surface area contributed by atoms with E-state index in [1.54, 1.807) is 25.0 Å². The third kappa shape index (κ3) is 3.11. The van der Waals surface area contributed by atoms with E-state index in [4.69, 9.17) is 9.47 Å². The van der Waals surface area contributed by atoms with Crippen molar-refractivity contribution in [1.29, 1.82) is 0 Å². The maximum Gasteiger partial charge on any atom is 0.338 e. The first kappa shape index (κ1) is 21.8. The van der Waals surface area contributed by atoms with Crippen molar-refractivity contribution in [3.8, 4) is 33.9 Å². The number of aromatic carboxylic acids is 1. The molecular weight excluding hydrogens is 432 g/mol. The number of fused-ring (bicyclic) bond motifs is 4. The maximum atomic E-state index is 12.8. The Morgan fingerprint density at radius 1 is 1.06 bits per heavy atom. The van der Waals surface area contributed by atoms with E-state index in [1.807, 2.05) is 43.4 Å². The Kier molecular flexibility index (Phi) is 5.20. The number of aromatic nitrogens is 2. The summed E-state index contributed by atoms with van der Waals surface area (Å²) in [6.45, 7) is 4.12. The average molecular weight is 459 g/mol. The fourth-order valence-electron chi connectivity index (χ4n) is 5.26. The summed E-state index contributed by atoms with van der Waals surface area (Å²) < 4.78 is 14.7. The van der Waals surface area contributed by atoms with Crippen LogP contribution in [0.1, 0.15) is 44.6 Å². The topological polar surface area (TPSA) is 82.7 Å². The monoisotopic (exact) mass is 458 g/mol. The summed E-state index contributed by atoms with van der Waals surface area (Å²) >= 11 is 0. The highest BCUT2D eigenvalue weighted by Gasteiger charge is 2.33. The van der Waals surface area contributed by atoms with Crippen LogP contribution in [0.4, 0.5) is 0 Å². The zero-order valence-corrected chi connectivity index (χ0v) is 19.6. The van der Waals surface area contributed by atoms with E-state index in [2.05, 4.69) is 4.57 Å². The van der Waals surface area contributed by atoms with Gasteiger partial charge in [-0.2, -0.15) is 0 Å². The molecule has 5 rings (SSSR count). The molecule has 3 heterocycles. The fraction of sp³-hybridized carbons (Fsp3) is 0.259. The number of nitrogens with zero attached hydrogens (tertiary/aromatic N) is 2. The van der Waals surface area contributed by atoms with Crippen molar-refractivity contribution >= 4 is 18.0 Å². The van der Waals surface area contributed by atoms with Gasteiger partial charge in [-0.15, -0.1) is 0 Å². The Morgan fingerprint density at radius 2 is 1.79 bits per heavy atom. The Morgan fingerprint density at radius 3 is 2.47 bits per heavy atom. The molecule has 2 aromatic heterocycles. The minimum Gasteiger partial charge on any atom is -0.493 e. The van der Waals surface area contributed by atoms with Gasteiger partial charge < -0.3 is 19.1 Å². The van der Waals surface area contributed by atoms with Crippen molar-refractivity contribution in [2.24, 2.45) is 0 Å². The quantitative estimate of drug-likeness (QED) is 0.596. The number of carbonyl (C=O) groups excluding carboxylic acids is 1. The summed E-state index contributed by atoms with van der Waals surface area (Å²) in [5.74, 6) is 0.0593. The molecule has 7 nitrogen and oxygen atoms in total. The second-order valence-electron chi connectivity index (χ2n) is 8.54. The number of hydrogen-bond donors (Lipinski definition) is 1. The van der Waals surface area contributed by atoms with Crippen LogP contribution in [0.5, 0.6) is 11.5 Å². The van der Waals surface area contributed by atoms with E-state index >= 15 is 0 Å². The highest BCUT2D eigenvalue weighted by atomic mass is 16.5. The number of methoxy groups -OCH3 is 2. The van der Waals surface area contributed by atoms with Crippen molar-refractivity contribution in [3.05, 3.63) is 64.6 Å². The van der Waals surface area contributed by atoms with Gasteiger partial charge in [0.2, 0.25) is 5.91 Å². The van der Waals surface area contributed by atoms with E-state index in [1.165, 1.54) is 6.92 Å². The Balaban J connectivity index is 1.84. The first-order valence-electron chi connectivity index (χ1n) is 11.2. The van der Waals surface area contributed by atoms with E-state index in [9.17, 15) is 14.7 Å². The second kappa shape index (κ2) is 8.09. The molecule has 0 spiro atoms. The molecule has 7 heteroatoms. The molecule has 174 valence electrons. The molecule has 1 aliphatic heterocycles. The smallest absolute Gasteiger partial charge is 0.338 e. The number of carbonyl (C=O) groups is 2. The van der Waals surface area contributed by atoms with Crippen LogP contribution < -0.4 is 9.47 Å². The SMILES string of the molecule is COc1cc2c(cc1OC)-c1c(C(=O)O)c(-c3cn(C(C)=O)c4c3CC=CC=C4)c(C)n1CC2. The number of carboxylic acid groups (broad SMARTS) is 1. The molecule has 0 radical (unpaired) electrons. The lowest BCUT2D eigenvalue weighted by molar-refractivity contribution is 0.0698.